The largest absolute Gasteiger partial charge is 0.494 e. The van der Waals surface area contributed by atoms with Crippen LogP contribution in [-0.2, 0) is 0 Å². The highest BCUT2D eigenvalue weighted by Crippen LogP contribution is 2.28. The molecular weight excluding hydrogens is 249 g/mol. The predicted octanol–water partition coefficient (Wildman–Crippen LogP) is 2.65. The summed E-state index contributed by atoms with van der Waals surface area (Å²) < 4.78 is 5.21. The Morgan fingerprint density at radius 1 is 1.31 bits per heavy atom. The third-order valence-electron chi connectivity index (χ3n) is 1.97. The molecule has 0 fully saturated rings. The van der Waals surface area contributed by atoms with Gasteiger partial charge >= 0.3 is 0 Å². The summed E-state index contributed by atoms with van der Waals surface area (Å²) in [6.07, 6.45) is 1.52. The van der Waals surface area contributed by atoms with Gasteiger partial charge in [-0.25, -0.2) is 0 Å². The molecule has 0 saturated heterocycles. The first-order chi connectivity index (χ1) is 7.70. The van der Waals surface area contributed by atoms with Crippen molar-refractivity contribution in [2.45, 2.75) is 0 Å². The van der Waals surface area contributed by atoms with Crippen molar-refractivity contribution in [1.29, 1.82) is 0 Å². The molecular formula is C10H9Cl2N3O. The summed E-state index contributed by atoms with van der Waals surface area (Å²) in [6.45, 7) is 0. The molecule has 0 amide bonds. The normalized spacial score (nSPS) is 15.1. The van der Waals surface area contributed by atoms with Crippen LogP contribution in [0.2, 0.25) is 0 Å². The van der Waals surface area contributed by atoms with Gasteiger partial charge in [-0.3, -0.25) is 5.43 Å². The number of hydrogen-bond acceptors (Lipinski definition) is 4. The molecule has 1 aliphatic rings. The molecule has 84 valence electrons. The lowest BCUT2D eigenvalue weighted by molar-refractivity contribution is 0.413. The first-order valence-corrected chi connectivity index (χ1v) is 5.27. The maximum absolute atomic E-state index is 5.85. The zero-order chi connectivity index (χ0) is 11.5. The van der Waals surface area contributed by atoms with Crippen molar-refractivity contribution >= 4 is 34.1 Å². The molecule has 0 atom stereocenters. The van der Waals surface area contributed by atoms with Crippen LogP contribution in [0.4, 0.5) is 5.69 Å². The van der Waals surface area contributed by atoms with Crippen LogP contribution in [0.25, 0.3) is 0 Å². The third-order valence-corrected chi connectivity index (χ3v) is 2.35. The fourth-order valence-corrected chi connectivity index (χ4v) is 1.73. The molecule has 0 aliphatic carbocycles. The Morgan fingerprint density at radius 3 is 2.75 bits per heavy atom. The van der Waals surface area contributed by atoms with Crippen molar-refractivity contribution in [3.05, 3.63) is 35.5 Å². The second kappa shape index (κ2) is 4.63. The molecule has 0 radical (unpaired) electrons. The number of hydrazine groups is 1. The standard InChI is InChI=1S/C10H9Cl2N3O/c1-16-8-5-3-2-4-7(8)15-13-9(11)6-10(12)14-15/h2-6,13H,1H3. The monoisotopic (exact) mass is 257 g/mol. The number of methoxy groups -OCH3 is 1. The van der Waals surface area contributed by atoms with Gasteiger partial charge in [-0.05, 0) is 12.1 Å². The molecule has 1 aromatic rings. The summed E-state index contributed by atoms with van der Waals surface area (Å²) >= 11 is 11.7. The number of ether oxygens (including phenoxy) is 1. The summed E-state index contributed by atoms with van der Waals surface area (Å²) in [5.41, 5.74) is 3.58. The highest BCUT2D eigenvalue weighted by molar-refractivity contribution is 6.69. The van der Waals surface area contributed by atoms with Crippen LogP contribution >= 0.6 is 23.2 Å². The Balaban J connectivity index is 2.35. The highest BCUT2D eigenvalue weighted by atomic mass is 35.5. The summed E-state index contributed by atoms with van der Waals surface area (Å²) in [6, 6.07) is 7.41. The van der Waals surface area contributed by atoms with E-state index < -0.39 is 0 Å². The lowest BCUT2D eigenvalue weighted by Crippen LogP contribution is -2.34. The van der Waals surface area contributed by atoms with E-state index >= 15 is 0 Å². The van der Waals surface area contributed by atoms with E-state index in [1.54, 1.807) is 7.11 Å². The molecule has 1 aromatic carbocycles. The summed E-state index contributed by atoms with van der Waals surface area (Å²) in [5.74, 6) is 0.676. The molecule has 4 nitrogen and oxygen atoms in total. The zero-order valence-corrected chi connectivity index (χ0v) is 9.96. The average Bonchev–Trinajstić information content (AvgIpc) is 2.27. The third kappa shape index (κ3) is 2.23. The first-order valence-electron chi connectivity index (χ1n) is 4.52. The number of benzene rings is 1. The number of nitrogens with one attached hydrogen (secondary N) is 1. The molecule has 16 heavy (non-hydrogen) atoms. The van der Waals surface area contributed by atoms with Crippen molar-refractivity contribution in [2.75, 3.05) is 12.2 Å². The van der Waals surface area contributed by atoms with Crippen LogP contribution < -0.4 is 15.3 Å². The van der Waals surface area contributed by atoms with Gasteiger partial charge in [0.05, 0.1) is 7.11 Å². The van der Waals surface area contributed by atoms with Crippen LogP contribution in [0.3, 0.4) is 0 Å². The van der Waals surface area contributed by atoms with Crippen molar-refractivity contribution in [1.82, 2.24) is 5.43 Å². The number of allylic oxidation sites excluding steroid dienone is 1. The molecule has 1 heterocycles. The SMILES string of the molecule is COc1ccccc1N1N=C(Cl)C=C(Cl)N1. The van der Waals surface area contributed by atoms with Gasteiger partial charge in [-0.1, -0.05) is 35.3 Å². The number of anilines is 1. The minimum atomic E-state index is 0.301. The summed E-state index contributed by atoms with van der Waals surface area (Å²) in [4.78, 5) is 0. The maximum Gasteiger partial charge on any atom is 0.154 e. The number of nitrogens with zero attached hydrogens (tertiary/aromatic N) is 2. The fraction of sp³-hybridized carbons (Fsp3) is 0.100. The molecule has 2 rings (SSSR count). The molecule has 0 spiro atoms. The Bertz CT molecular complexity index is 459. The molecule has 0 bridgehead atoms. The van der Waals surface area contributed by atoms with E-state index in [2.05, 4.69) is 10.5 Å². The number of para-hydroxylation sites is 2. The van der Waals surface area contributed by atoms with E-state index in [9.17, 15) is 0 Å². The van der Waals surface area contributed by atoms with E-state index in [1.807, 2.05) is 24.3 Å². The molecule has 0 aromatic heterocycles. The Hall–Kier alpha value is -1.39. The van der Waals surface area contributed by atoms with E-state index in [-0.39, 0.29) is 0 Å². The molecule has 1 N–H and O–H groups in total. The Labute approximate surface area is 103 Å². The van der Waals surface area contributed by atoms with E-state index in [0.29, 0.717) is 16.1 Å². The number of halogens is 2. The Kier molecular flexibility index (Phi) is 3.22. The van der Waals surface area contributed by atoms with Crippen LogP contribution in [-0.4, -0.2) is 12.3 Å². The van der Waals surface area contributed by atoms with Gasteiger partial charge < -0.3 is 4.74 Å². The highest BCUT2D eigenvalue weighted by Gasteiger charge is 2.15. The minimum Gasteiger partial charge on any atom is -0.494 e. The smallest absolute Gasteiger partial charge is 0.154 e. The lowest BCUT2D eigenvalue weighted by atomic mass is 10.3. The van der Waals surface area contributed by atoms with Gasteiger partial charge in [-0.2, -0.15) is 5.12 Å². The van der Waals surface area contributed by atoms with Gasteiger partial charge in [0.25, 0.3) is 0 Å². The fourth-order valence-electron chi connectivity index (χ4n) is 1.31. The van der Waals surface area contributed by atoms with Gasteiger partial charge in [0, 0.05) is 6.08 Å². The quantitative estimate of drug-likeness (QED) is 0.828. The van der Waals surface area contributed by atoms with Gasteiger partial charge in [0.15, 0.2) is 5.17 Å². The lowest BCUT2D eigenvalue weighted by Gasteiger charge is -2.24. The van der Waals surface area contributed by atoms with Crippen LogP contribution in [0, 0.1) is 0 Å². The summed E-state index contributed by atoms with van der Waals surface area (Å²) in [7, 11) is 1.59. The molecule has 6 heteroatoms. The predicted molar refractivity (Wildman–Crippen MR) is 65.8 cm³/mol. The second-order valence-electron chi connectivity index (χ2n) is 3.01. The molecule has 1 aliphatic heterocycles. The van der Waals surface area contributed by atoms with Crippen molar-refractivity contribution < 1.29 is 4.74 Å². The zero-order valence-electron chi connectivity index (χ0n) is 8.45. The van der Waals surface area contributed by atoms with E-state index in [4.69, 9.17) is 27.9 Å². The average molecular weight is 258 g/mol. The van der Waals surface area contributed by atoms with Gasteiger partial charge in [0.2, 0.25) is 0 Å². The molecule has 0 unspecified atom stereocenters. The molecule has 0 saturated carbocycles. The topological polar surface area (TPSA) is 36.9 Å². The summed E-state index contributed by atoms with van der Waals surface area (Å²) in [5, 5.41) is 6.23. The van der Waals surface area contributed by atoms with Crippen molar-refractivity contribution in [3.63, 3.8) is 0 Å². The number of rotatable bonds is 2. The number of hydrazone groups is 1. The second-order valence-corrected chi connectivity index (χ2v) is 3.80. The van der Waals surface area contributed by atoms with Crippen LogP contribution in [0.15, 0.2) is 40.6 Å². The van der Waals surface area contributed by atoms with Crippen molar-refractivity contribution in [3.8, 4) is 5.75 Å². The Morgan fingerprint density at radius 2 is 2.06 bits per heavy atom. The number of hydrogen-bond donors (Lipinski definition) is 1. The van der Waals surface area contributed by atoms with E-state index in [0.717, 1.165) is 5.69 Å². The van der Waals surface area contributed by atoms with Gasteiger partial charge in [0.1, 0.15) is 16.6 Å². The van der Waals surface area contributed by atoms with E-state index in [1.165, 1.54) is 11.2 Å². The first kappa shape index (κ1) is 11.1. The van der Waals surface area contributed by atoms with Crippen LogP contribution in [0.5, 0.6) is 5.75 Å². The maximum atomic E-state index is 5.85. The van der Waals surface area contributed by atoms with Crippen LogP contribution in [0.1, 0.15) is 0 Å². The minimum absolute atomic E-state index is 0.301. The van der Waals surface area contributed by atoms with Crippen molar-refractivity contribution in [2.24, 2.45) is 5.10 Å². The van der Waals surface area contributed by atoms with Gasteiger partial charge in [-0.15, -0.1) is 5.10 Å².